The predicted octanol–water partition coefficient (Wildman–Crippen LogP) is 4.14. The van der Waals surface area contributed by atoms with E-state index < -0.39 is 0 Å². The van der Waals surface area contributed by atoms with Crippen LogP contribution in [0.3, 0.4) is 0 Å². The summed E-state index contributed by atoms with van der Waals surface area (Å²) in [5.41, 5.74) is 12.6. The summed E-state index contributed by atoms with van der Waals surface area (Å²) in [4.78, 5) is 7.61. The molecule has 5 nitrogen and oxygen atoms in total. The summed E-state index contributed by atoms with van der Waals surface area (Å²) in [7, 11) is 0. The number of aromatic nitrogens is 1. The number of fused-ring (bicyclic) bond motifs is 1. The highest BCUT2D eigenvalue weighted by atomic mass is 35.5. The van der Waals surface area contributed by atoms with Crippen LogP contribution in [0, 0.1) is 0 Å². The zero-order valence-corrected chi connectivity index (χ0v) is 14.7. The molecule has 0 radical (unpaired) electrons. The third kappa shape index (κ3) is 4.00. The number of H-pyrrole nitrogens is 1. The molecule has 3 rings (SSSR count). The molecule has 0 atom stereocenters. The number of hydrogen-bond acceptors (Lipinski definition) is 2. The molecule has 4 N–H and O–H groups in total. The van der Waals surface area contributed by atoms with E-state index in [2.05, 4.69) is 26.6 Å². The lowest BCUT2D eigenvalue weighted by molar-refractivity contribution is 0.902. The second-order valence-electron chi connectivity index (χ2n) is 5.60. The average molecular weight is 354 g/mol. The maximum Gasteiger partial charge on any atom is 0.209 e. The van der Waals surface area contributed by atoms with E-state index in [4.69, 9.17) is 17.3 Å². The highest BCUT2D eigenvalue weighted by Gasteiger charge is 2.11. The molecule has 0 unspecified atom stereocenters. The molecule has 1 heterocycles. The standard InChI is InChI=1S/C19H20ClN5/c1-2-11-22-19(21)25-23-12-16-15-5-3-4-6-17(15)24-18(16)13-7-9-14(20)10-8-13/h3-10,12,24H,2,11H2,1H3,(H3,21,22,25). The van der Waals surface area contributed by atoms with E-state index in [0.717, 1.165) is 34.1 Å². The van der Waals surface area contributed by atoms with Crippen molar-refractivity contribution >= 4 is 34.7 Å². The number of hydrazone groups is 1. The Morgan fingerprint density at radius 1 is 1.20 bits per heavy atom. The van der Waals surface area contributed by atoms with Gasteiger partial charge < -0.3 is 10.7 Å². The highest BCUT2D eigenvalue weighted by Crippen LogP contribution is 2.29. The molecule has 0 saturated carbocycles. The summed E-state index contributed by atoms with van der Waals surface area (Å²) in [5.74, 6) is 0.311. The van der Waals surface area contributed by atoms with Crippen molar-refractivity contribution < 1.29 is 0 Å². The molecule has 3 aromatic rings. The molecule has 1 aromatic heterocycles. The third-order valence-corrected chi connectivity index (χ3v) is 4.01. The van der Waals surface area contributed by atoms with Gasteiger partial charge in [0.05, 0.1) is 11.9 Å². The third-order valence-electron chi connectivity index (χ3n) is 3.76. The minimum Gasteiger partial charge on any atom is -0.369 e. The smallest absolute Gasteiger partial charge is 0.209 e. The molecule has 0 amide bonds. The Morgan fingerprint density at radius 3 is 2.72 bits per heavy atom. The van der Waals surface area contributed by atoms with Crippen molar-refractivity contribution in [1.82, 2.24) is 10.4 Å². The van der Waals surface area contributed by atoms with Crippen LogP contribution in [0.25, 0.3) is 22.2 Å². The fourth-order valence-electron chi connectivity index (χ4n) is 2.57. The Bertz CT molecular complexity index is 909. The number of guanidine groups is 1. The average Bonchev–Trinajstić information content (AvgIpc) is 2.99. The van der Waals surface area contributed by atoms with Gasteiger partial charge in [0.1, 0.15) is 0 Å². The van der Waals surface area contributed by atoms with E-state index in [9.17, 15) is 0 Å². The van der Waals surface area contributed by atoms with Gasteiger partial charge in [-0.05, 0) is 30.2 Å². The normalized spacial score (nSPS) is 12.2. The van der Waals surface area contributed by atoms with Crippen molar-refractivity contribution in [3.63, 3.8) is 0 Å². The molecule has 0 aliphatic heterocycles. The van der Waals surface area contributed by atoms with Gasteiger partial charge in [0.25, 0.3) is 0 Å². The van der Waals surface area contributed by atoms with Gasteiger partial charge in [0, 0.05) is 28.0 Å². The Kier molecular flexibility index (Phi) is 5.36. The number of halogens is 1. The molecule has 2 aromatic carbocycles. The van der Waals surface area contributed by atoms with E-state index in [1.165, 1.54) is 0 Å². The molecule has 0 bridgehead atoms. The van der Waals surface area contributed by atoms with Crippen molar-refractivity contribution in [3.8, 4) is 11.3 Å². The van der Waals surface area contributed by atoms with Crippen LogP contribution < -0.4 is 11.2 Å². The fourth-order valence-corrected chi connectivity index (χ4v) is 2.70. The second kappa shape index (κ2) is 7.85. The number of nitrogens with two attached hydrogens (primary N) is 1. The number of nitrogens with zero attached hydrogens (tertiary/aromatic N) is 2. The second-order valence-corrected chi connectivity index (χ2v) is 6.04. The highest BCUT2D eigenvalue weighted by molar-refractivity contribution is 6.30. The Labute approximate surface area is 151 Å². The topological polar surface area (TPSA) is 78.6 Å². The van der Waals surface area contributed by atoms with Gasteiger partial charge in [-0.3, -0.25) is 4.99 Å². The van der Waals surface area contributed by atoms with Crippen molar-refractivity contribution in [3.05, 3.63) is 59.1 Å². The molecule has 25 heavy (non-hydrogen) atoms. The molecule has 6 heteroatoms. The van der Waals surface area contributed by atoms with Crippen LogP contribution in [0.2, 0.25) is 5.02 Å². The summed E-state index contributed by atoms with van der Waals surface area (Å²) >= 11 is 6.00. The molecule has 0 aliphatic rings. The maximum atomic E-state index is 6.00. The Balaban J connectivity index is 1.97. The molecule has 0 saturated heterocycles. The van der Waals surface area contributed by atoms with Gasteiger partial charge in [0.2, 0.25) is 5.96 Å². The van der Waals surface area contributed by atoms with Crippen LogP contribution in [0.1, 0.15) is 18.9 Å². The SMILES string of the molecule is CCCN=C(N)NN=Cc1c(-c2ccc(Cl)cc2)[nH]c2ccccc12. The minimum absolute atomic E-state index is 0.311. The largest absolute Gasteiger partial charge is 0.369 e. The summed E-state index contributed by atoms with van der Waals surface area (Å²) < 4.78 is 0. The first-order valence-electron chi connectivity index (χ1n) is 8.14. The zero-order chi connectivity index (χ0) is 17.6. The quantitative estimate of drug-likeness (QED) is 0.366. The van der Waals surface area contributed by atoms with Crippen LogP contribution in [-0.4, -0.2) is 23.7 Å². The van der Waals surface area contributed by atoms with Gasteiger partial charge in [0.15, 0.2) is 0 Å². The number of benzene rings is 2. The van der Waals surface area contributed by atoms with Gasteiger partial charge >= 0.3 is 0 Å². The van der Waals surface area contributed by atoms with E-state index in [1.807, 2.05) is 49.4 Å². The molecule has 128 valence electrons. The van der Waals surface area contributed by atoms with Crippen molar-refractivity contribution in [1.29, 1.82) is 0 Å². The fraction of sp³-hybridized carbons (Fsp3) is 0.158. The number of hydrogen-bond donors (Lipinski definition) is 3. The van der Waals surface area contributed by atoms with Crippen LogP contribution in [0.4, 0.5) is 0 Å². The number of nitrogens with one attached hydrogen (secondary N) is 2. The maximum absolute atomic E-state index is 6.00. The number of aliphatic imine (C=N–C) groups is 1. The molecule has 0 spiro atoms. The van der Waals surface area contributed by atoms with Crippen LogP contribution >= 0.6 is 11.6 Å². The van der Waals surface area contributed by atoms with E-state index in [0.29, 0.717) is 17.5 Å². The lowest BCUT2D eigenvalue weighted by Crippen LogP contribution is -2.27. The summed E-state index contributed by atoms with van der Waals surface area (Å²) in [6, 6.07) is 15.8. The van der Waals surface area contributed by atoms with Gasteiger partial charge in [-0.15, -0.1) is 0 Å². The van der Waals surface area contributed by atoms with Crippen molar-refractivity contribution in [2.24, 2.45) is 15.8 Å². The van der Waals surface area contributed by atoms with E-state index in [-0.39, 0.29) is 0 Å². The van der Waals surface area contributed by atoms with E-state index in [1.54, 1.807) is 6.21 Å². The molecule has 0 fully saturated rings. The van der Waals surface area contributed by atoms with Crippen molar-refractivity contribution in [2.45, 2.75) is 13.3 Å². The number of rotatable bonds is 5. The van der Waals surface area contributed by atoms with Crippen LogP contribution in [0.15, 0.2) is 58.6 Å². The first kappa shape index (κ1) is 17.0. The number of aromatic amines is 1. The van der Waals surface area contributed by atoms with Crippen molar-refractivity contribution in [2.75, 3.05) is 6.54 Å². The Morgan fingerprint density at radius 2 is 1.96 bits per heavy atom. The minimum atomic E-state index is 0.311. The summed E-state index contributed by atoms with van der Waals surface area (Å²) in [6.45, 7) is 2.72. The lowest BCUT2D eigenvalue weighted by Gasteiger charge is -2.02. The Hall–Kier alpha value is -2.79. The first-order chi connectivity index (χ1) is 12.2. The summed E-state index contributed by atoms with van der Waals surface area (Å²) in [5, 5.41) is 6.03. The lowest BCUT2D eigenvalue weighted by atomic mass is 10.1. The number of para-hydroxylation sites is 1. The van der Waals surface area contributed by atoms with Crippen LogP contribution in [-0.2, 0) is 0 Å². The predicted molar refractivity (Wildman–Crippen MR) is 106 cm³/mol. The molecular weight excluding hydrogens is 334 g/mol. The van der Waals surface area contributed by atoms with Gasteiger partial charge in [-0.1, -0.05) is 48.9 Å². The zero-order valence-electron chi connectivity index (χ0n) is 14.0. The molecular formula is C19H20ClN5. The van der Waals surface area contributed by atoms with Gasteiger partial charge in [-0.25, -0.2) is 5.43 Å². The van der Waals surface area contributed by atoms with Crippen LogP contribution in [0.5, 0.6) is 0 Å². The van der Waals surface area contributed by atoms with Gasteiger partial charge in [-0.2, -0.15) is 5.10 Å². The summed E-state index contributed by atoms with van der Waals surface area (Å²) in [6.07, 6.45) is 2.70. The monoisotopic (exact) mass is 353 g/mol. The molecule has 0 aliphatic carbocycles. The first-order valence-corrected chi connectivity index (χ1v) is 8.52. The van der Waals surface area contributed by atoms with E-state index >= 15 is 0 Å².